The van der Waals surface area contributed by atoms with E-state index in [1.54, 1.807) is 16.8 Å². The average molecular weight is 505 g/mol. The highest BCUT2D eigenvalue weighted by atomic mass is 127. The normalized spacial score (nSPS) is 11.1. The number of nitrogens with zero attached hydrogens (tertiary/aromatic N) is 3. The molecule has 2 rings (SSSR count). The van der Waals surface area contributed by atoms with Gasteiger partial charge in [-0.2, -0.15) is 16.9 Å². The van der Waals surface area contributed by atoms with Crippen molar-refractivity contribution in [2.24, 2.45) is 4.99 Å². The number of unbranched alkanes of at least 4 members (excludes halogenated alkanes) is 1. The van der Waals surface area contributed by atoms with Gasteiger partial charge in [-0.3, -0.25) is 4.99 Å². The minimum atomic E-state index is -0.242. The lowest BCUT2D eigenvalue weighted by atomic mass is 10.3. The van der Waals surface area contributed by atoms with E-state index >= 15 is 0 Å². The van der Waals surface area contributed by atoms with Crippen molar-refractivity contribution in [3.05, 3.63) is 48.0 Å². The summed E-state index contributed by atoms with van der Waals surface area (Å²) in [5.74, 6) is 1.81. The van der Waals surface area contributed by atoms with Gasteiger partial charge in [-0.25, -0.2) is 9.07 Å². The van der Waals surface area contributed by atoms with Crippen molar-refractivity contribution in [2.75, 3.05) is 31.6 Å². The van der Waals surface area contributed by atoms with Gasteiger partial charge < -0.3 is 10.6 Å². The van der Waals surface area contributed by atoms with Crippen LogP contribution < -0.4 is 10.6 Å². The number of halogens is 2. The maximum absolute atomic E-state index is 13.0. The van der Waals surface area contributed by atoms with Gasteiger partial charge >= 0.3 is 0 Å². The Morgan fingerprint density at radius 2 is 1.96 bits per heavy atom. The fourth-order valence-electron chi connectivity index (χ4n) is 2.43. The van der Waals surface area contributed by atoms with Crippen LogP contribution in [-0.2, 0) is 6.42 Å². The van der Waals surface area contributed by atoms with E-state index in [-0.39, 0.29) is 29.8 Å². The van der Waals surface area contributed by atoms with E-state index in [2.05, 4.69) is 33.9 Å². The van der Waals surface area contributed by atoms with E-state index in [1.165, 1.54) is 24.3 Å². The molecule has 0 fully saturated rings. The van der Waals surface area contributed by atoms with Crippen molar-refractivity contribution in [2.45, 2.75) is 26.2 Å². The number of hydrogen-bond donors (Lipinski definition) is 2. The molecule has 27 heavy (non-hydrogen) atoms. The van der Waals surface area contributed by atoms with Crippen molar-refractivity contribution in [1.29, 1.82) is 0 Å². The second kappa shape index (κ2) is 13.8. The number of hydrogen-bond acceptors (Lipinski definition) is 3. The number of aromatic nitrogens is 2. The summed E-state index contributed by atoms with van der Waals surface area (Å²) in [5, 5.41) is 11.2. The summed E-state index contributed by atoms with van der Waals surface area (Å²) in [6, 6.07) is 8.30. The maximum atomic E-state index is 13.0. The summed E-state index contributed by atoms with van der Waals surface area (Å²) in [7, 11) is 0. The molecule has 0 unspecified atom stereocenters. The van der Waals surface area contributed by atoms with E-state index in [1.807, 2.05) is 24.0 Å². The number of nitrogens with one attached hydrogen (secondary N) is 2. The van der Waals surface area contributed by atoms with Crippen LogP contribution in [0.3, 0.4) is 0 Å². The summed E-state index contributed by atoms with van der Waals surface area (Å²) >= 11 is 1.88. The molecule has 5 nitrogen and oxygen atoms in total. The summed E-state index contributed by atoms with van der Waals surface area (Å²) in [6.07, 6.45) is 7.13. The number of aliphatic imine (C=N–C) groups is 1. The van der Waals surface area contributed by atoms with Crippen molar-refractivity contribution in [1.82, 2.24) is 20.4 Å². The largest absolute Gasteiger partial charge is 0.357 e. The van der Waals surface area contributed by atoms with E-state index in [0.29, 0.717) is 0 Å². The maximum Gasteiger partial charge on any atom is 0.191 e. The molecule has 150 valence electrons. The Hall–Kier alpha value is -1.29. The molecule has 0 atom stereocenters. The van der Waals surface area contributed by atoms with Crippen molar-refractivity contribution in [3.8, 4) is 5.69 Å². The molecule has 1 aromatic carbocycles. The molecular weight excluding hydrogens is 476 g/mol. The first kappa shape index (κ1) is 23.7. The molecule has 0 aliphatic rings. The SMILES string of the molecule is CCNC(=NCCCCSC)NCCc1ccn(-c2ccc(F)cc2)n1.I. The molecule has 1 heterocycles. The first-order valence-corrected chi connectivity index (χ1v) is 10.4. The molecule has 2 N–H and O–H groups in total. The van der Waals surface area contributed by atoms with Crippen LogP contribution in [0.25, 0.3) is 5.69 Å². The lowest BCUT2D eigenvalue weighted by molar-refractivity contribution is 0.627. The molecule has 0 aliphatic heterocycles. The van der Waals surface area contributed by atoms with Crippen LogP contribution in [0.5, 0.6) is 0 Å². The predicted molar refractivity (Wildman–Crippen MR) is 124 cm³/mol. The fourth-order valence-corrected chi connectivity index (χ4v) is 2.93. The van der Waals surface area contributed by atoms with E-state index < -0.39 is 0 Å². The van der Waals surface area contributed by atoms with Crippen LogP contribution in [0, 0.1) is 5.82 Å². The Bertz CT molecular complexity index is 675. The molecule has 0 bridgehead atoms. The van der Waals surface area contributed by atoms with Gasteiger partial charge in [0.2, 0.25) is 0 Å². The highest BCUT2D eigenvalue weighted by molar-refractivity contribution is 14.0. The highest BCUT2D eigenvalue weighted by Gasteiger charge is 2.03. The van der Waals surface area contributed by atoms with Crippen LogP contribution in [0.15, 0.2) is 41.5 Å². The molecule has 1 aromatic heterocycles. The third-order valence-electron chi connectivity index (χ3n) is 3.78. The van der Waals surface area contributed by atoms with Gasteiger partial charge in [0.25, 0.3) is 0 Å². The molecule has 8 heteroatoms. The average Bonchev–Trinajstić information content (AvgIpc) is 3.11. The van der Waals surface area contributed by atoms with Crippen molar-refractivity contribution in [3.63, 3.8) is 0 Å². The van der Waals surface area contributed by atoms with Gasteiger partial charge in [-0.1, -0.05) is 0 Å². The van der Waals surface area contributed by atoms with Gasteiger partial charge in [0.15, 0.2) is 5.96 Å². The number of thioether (sulfide) groups is 1. The van der Waals surface area contributed by atoms with Crippen LogP contribution in [-0.4, -0.2) is 47.4 Å². The zero-order chi connectivity index (χ0) is 18.6. The molecule has 0 spiro atoms. The Labute approximate surface area is 182 Å². The summed E-state index contributed by atoms with van der Waals surface area (Å²) in [4.78, 5) is 4.60. The Kier molecular flexibility index (Phi) is 12.2. The van der Waals surface area contributed by atoms with E-state index in [9.17, 15) is 4.39 Å². The second-order valence-electron chi connectivity index (χ2n) is 5.87. The van der Waals surface area contributed by atoms with Gasteiger partial charge in [-0.15, -0.1) is 24.0 Å². The standard InChI is InChI=1S/C19H28FN5S.HI/c1-3-21-19(22-12-4-5-15-26-2)23-13-10-17-11-14-25(24-17)18-8-6-16(20)7-9-18;/h6-9,11,14H,3-5,10,12-13,15H2,1-2H3,(H2,21,22,23);1H. The van der Waals surface area contributed by atoms with Gasteiger partial charge in [0, 0.05) is 32.3 Å². The van der Waals surface area contributed by atoms with Crippen LogP contribution >= 0.6 is 35.7 Å². The topological polar surface area (TPSA) is 54.2 Å². The van der Waals surface area contributed by atoms with Gasteiger partial charge in [0.1, 0.15) is 5.82 Å². The Morgan fingerprint density at radius 1 is 1.19 bits per heavy atom. The molecular formula is C19H29FIN5S. The summed E-state index contributed by atoms with van der Waals surface area (Å²) in [6.45, 7) is 4.51. The molecule has 0 saturated carbocycles. The monoisotopic (exact) mass is 505 g/mol. The molecule has 2 aromatic rings. The minimum absolute atomic E-state index is 0. The summed E-state index contributed by atoms with van der Waals surface area (Å²) in [5.41, 5.74) is 1.84. The zero-order valence-corrected chi connectivity index (χ0v) is 19.1. The second-order valence-corrected chi connectivity index (χ2v) is 6.85. The van der Waals surface area contributed by atoms with Crippen molar-refractivity contribution < 1.29 is 4.39 Å². The Balaban J connectivity index is 0.00000364. The summed E-state index contributed by atoms with van der Waals surface area (Å²) < 4.78 is 14.8. The third kappa shape index (κ3) is 8.96. The first-order valence-electron chi connectivity index (χ1n) is 9.04. The lowest BCUT2D eigenvalue weighted by Gasteiger charge is -2.10. The van der Waals surface area contributed by atoms with E-state index in [4.69, 9.17) is 0 Å². The smallest absolute Gasteiger partial charge is 0.191 e. The predicted octanol–water partition coefficient (Wildman–Crippen LogP) is 3.87. The zero-order valence-electron chi connectivity index (χ0n) is 15.9. The molecule has 0 amide bonds. The van der Waals surface area contributed by atoms with Gasteiger partial charge in [0.05, 0.1) is 11.4 Å². The van der Waals surface area contributed by atoms with Crippen LogP contribution in [0.1, 0.15) is 25.5 Å². The first-order chi connectivity index (χ1) is 12.7. The quantitative estimate of drug-likeness (QED) is 0.223. The van der Waals surface area contributed by atoms with Crippen LogP contribution in [0.2, 0.25) is 0 Å². The van der Waals surface area contributed by atoms with E-state index in [0.717, 1.165) is 49.8 Å². The number of guanidine groups is 1. The molecule has 0 aliphatic carbocycles. The van der Waals surface area contributed by atoms with Crippen molar-refractivity contribution >= 4 is 41.7 Å². The molecule has 0 saturated heterocycles. The Morgan fingerprint density at radius 3 is 2.67 bits per heavy atom. The van der Waals surface area contributed by atoms with Gasteiger partial charge in [-0.05, 0) is 62.1 Å². The minimum Gasteiger partial charge on any atom is -0.357 e. The molecule has 0 radical (unpaired) electrons. The number of rotatable bonds is 10. The highest BCUT2D eigenvalue weighted by Crippen LogP contribution is 2.09. The third-order valence-corrected chi connectivity index (χ3v) is 4.48. The lowest BCUT2D eigenvalue weighted by Crippen LogP contribution is -2.38. The van der Waals surface area contributed by atoms with Crippen LogP contribution in [0.4, 0.5) is 4.39 Å². The number of benzene rings is 1. The fraction of sp³-hybridized carbons (Fsp3) is 0.474.